The second-order valence-corrected chi connectivity index (χ2v) is 8.68. The lowest BCUT2D eigenvalue weighted by Gasteiger charge is -2.13. The third-order valence-corrected chi connectivity index (χ3v) is 6.14. The molecule has 0 aliphatic rings. The molecule has 2 aromatic rings. The summed E-state index contributed by atoms with van der Waals surface area (Å²) in [6, 6.07) is 13.8. The van der Waals surface area contributed by atoms with Crippen LogP contribution in [-0.4, -0.2) is 39.3 Å². The Bertz CT molecular complexity index is 877. The minimum absolute atomic E-state index is 0.117. The molecule has 2 rings (SSSR count). The average molecular weight is 391 g/mol. The Morgan fingerprint density at radius 1 is 1.15 bits per heavy atom. The van der Waals surface area contributed by atoms with Gasteiger partial charge in [-0.3, -0.25) is 4.79 Å². The SMILES string of the molecule is CC[C@@H](C)c1ccc(OCC(=O)Nc2cccc(S(=O)(=O)N(C)C)c2)cc1. The minimum atomic E-state index is -3.55. The Kier molecular flexibility index (Phi) is 6.98. The monoisotopic (exact) mass is 390 g/mol. The molecule has 0 radical (unpaired) electrons. The number of carbonyl (C=O) groups is 1. The molecule has 27 heavy (non-hydrogen) atoms. The number of carbonyl (C=O) groups excluding carboxylic acids is 1. The van der Waals surface area contributed by atoms with Gasteiger partial charge in [-0.15, -0.1) is 0 Å². The molecule has 0 bridgehead atoms. The van der Waals surface area contributed by atoms with Crippen LogP contribution in [0.4, 0.5) is 5.69 Å². The molecule has 7 heteroatoms. The number of anilines is 1. The fraction of sp³-hybridized carbons (Fsp3) is 0.350. The largest absolute Gasteiger partial charge is 0.484 e. The fourth-order valence-corrected chi connectivity index (χ4v) is 3.37. The lowest BCUT2D eigenvalue weighted by Crippen LogP contribution is -2.23. The van der Waals surface area contributed by atoms with Gasteiger partial charge in [-0.25, -0.2) is 12.7 Å². The highest BCUT2D eigenvalue weighted by Crippen LogP contribution is 2.22. The van der Waals surface area contributed by atoms with Gasteiger partial charge in [0.1, 0.15) is 5.75 Å². The number of benzene rings is 2. The van der Waals surface area contributed by atoms with E-state index in [1.54, 1.807) is 12.1 Å². The lowest BCUT2D eigenvalue weighted by molar-refractivity contribution is -0.118. The van der Waals surface area contributed by atoms with Gasteiger partial charge in [0.2, 0.25) is 10.0 Å². The molecule has 0 fully saturated rings. The summed E-state index contributed by atoms with van der Waals surface area (Å²) < 4.78 is 31.0. The number of nitrogens with zero attached hydrogens (tertiary/aromatic N) is 1. The Morgan fingerprint density at radius 3 is 2.41 bits per heavy atom. The molecule has 0 aliphatic heterocycles. The average Bonchev–Trinajstić information content (AvgIpc) is 2.66. The molecule has 1 amide bonds. The van der Waals surface area contributed by atoms with Crippen molar-refractivity contribution in [1.82, 2.24) is 4.31 Å². The molecule has 0 aromatic heterocycles. The molecule has 0 saturated carbocycles. The van der Waals surface area contributed by atoms with E-state index in [-0.39, 0.29) is 17.4 Å². The van der Waals surface area contributed by atoms with Crippen molar-refractivity contribution in [3.8, 4) is 5.75 Å². The summed E-state index contributed by atoms with van der Waals surface area (Å²) in [6.07, 6.45) is 1.06. The van der Waals surface area contributed by atoms with Crippen LogP contribution in [0.5, 0.6) is 5.75 Å². The second kappa shape index (κ2) is 9.01. The Balaban J connectivity index is 1.96. The quantitative estimate of drug-likeness (QED) is 0.749. The van der Waals surface area contributed by atoms with Crippen LogP contribution in [0, 0.1) is 0 Å². The van der Waals surface area contributed by atoms with Crippen LogP contribution < -0.4 is 10.1 Å². The third-order valence-electron chi connectivity index (χ3n) is 4.33. The molecule has 6 nitrogen and oxygen atoms in total. The van der Waals surface area contributed by atoms with Crippen LogP contribution in [0.15, 0.2) is 53.4 Å². The number of hydrogen-bond donors (Lipinski definition) is 1. The van der Waals surface area contributed by atoms with Crippen molar-refractivity contribution >= 4 is 21.6 Å². The first-order valence-electron chi connectivity index (χ1n) is 8.79. The summed E-state index contributed by atoms with van der Waals surface area (Å²) in [7, 11) is -0.635. The van der Waals surface area contributed by atoms with E-state index in [9.17, 15) is 13.2 Å². The number of hydrogen-bond acceptors (Lipinski definition) is 4. The second-order valence-electron chi connectivity index (χ2n) is 6.53. The fourth-order valence-electron chi connectivity index (χ4n) is 2.42. The number of rotatable bonds is 8. The first kappa shape index (κ1) is 20.9. The molecule has 0 spiro atoms. The van der Waals surface area contributed by atoms with Crippen molar-refractivity contribution in [2.24, 2.45) is 0 Å². The van der Waals surface area contributed by atoms with Crippen LogP contribution in [0.1, 0.15) is 31.7 Å². The van der Waals surface area contributed by atoms with Crippen molar-refractivity contribution < 1.29 is 17.9 Å². The van der Waals surface area contributed by atoms with E-state index >= 15 is 0 Å². The van der Waals surface area contributed by atoms with Gasteiger partial charge in [-0.05, 0) is 48.2 Å². The van der Waals surface area contributed by atoms with Crippen molar-refractivity contribution in [1.29, 1.82) is 0 Å². The van der Waals surface area contributed by atoms with E-state index < -0.39 is 10.0 Å². The number of amides is 1. The maximum absolute atomic E-state index is 12.2. The van der Waals surface area contributed by atoms with Crippen LogP contribution in [-0.2, 0) is 14.8 Å². The van der Waals surface area contributed by atoms with E-state index in [0.29, 0.717) is 17.4 Å². The molecular formula is C20H26N2O4S. The molecule has 0 saturated heterocycles. The van der Waals surface area contributed by atoms with Gasteiger partial charge >= 0.3 is 0 Å². The summed E-state index contributed by atoms with van der Waals surface area (Å²) in [6.45, 7) is 4.14. The van der Waals surface area contributed by atoms with Gasteiger partial charge in [-0.1, -0.05) is 32.0 Å². The van der Waals surface area contributed by atoms with Gasteiger partial charge in [0, 0.05) is 19.8 Å². The van der Waals surface area contributed by atoms with Crippen LogP contribution in [0.2, 0.25) is 0 Å². The summed E-state index contributed by atoms with van der Waals surface area (Å²) in [5, 5.41) is 2.66. The zero-order valence-corrected chi connectivity index (χ0v) is 16.9. The first-order valence-corrected chi connectivity index (χ1v) is 10.2. The van der Waals surface area contributed by atoms with E-state index in [1.165, 1.54) is 31.8 Å². The standard InChI is InChI=1S/C20H26N2O4S/c1-5-15(2)16-9-11-18(12-10-16)26-14-20(23)21-17-7-6-8-19(13-17)27(24,25)22(3)4/h6-13,15H,5,14H2,1-4H3,(H,21,23)/t15-/m1/s1. The van der Waals surface area contributed by atoms with Crippen molar-refractivity contribution in [2.45, 2.75) is 31.1 Å². The van der Waals surface area contributed by atoms with Gasteiger partial charge in [0.25, 0.3) is 5.91 Å². The van der Waals surface area contributed by atoms with Crippen LogP contribution >= 0.6 is 0 Å². The third kappa shape index (κ3) is 5.55. The normalized spacial score (nSPS) is 12.6. The van der Waals surface area contributed by atoms with Gasteiger partial charge in [0.05, 0.1) is 4.90 Å². The smallest absolute Gasteiger partial charge is 0.262 e. The Labute approximate surface area is 161 Å². The lowest BCUT2D eigenvalue weighted by atomic mass is 9.99. The summed E-state index contributed by atoms with van der Waals surface area (Å²) in [5.41, 5.74) is 1.63. The molecular weight excluding hydrogens is 364 g/mol. The molecule has 0 unspecified atom stereocenters. The highest BCUT2D eigenvalue weighted by atomic mass is 32.2. The molecule has 0 aliphatic carbocycles. The van der Waals surface area contributed by atoms with Crippen molar-refractivity contribution in [2.75, 3.05) is 26.0 Å². The van der Waals surface area contributed by atoms with E-state index in [2.05, 4.69) is 19.2 Å². The number of ether oxygens (including phenoxy) is 1. The van der Waals surface area contributed by atoms with Crippen LogP contribution in [0.25, 0.3) is 0 Å². The highest BCUT2D eigenvalue weighted by molar-refractivity contribution is 7.89. The number of nitrogens with one attached hydrogen (secondary N) is 1. The minimum Gasteiger partial charge on any atom is -0.484 e. The zero-order chi connectivity index (χ0) is 20.0. The predicted molar refractivity (Wildman–Crippen MR) is 107 cm³/mol. The van der Waals surface area contributed by atoms with E-state index in [0.717, 1.165) is 10.7 Å². The van der Waals surface area contributed by atoms with Gasteiger partial charge in [-0.2, -0.15) is 0 Å². The molecule has 1 N–H and O–H groups in total. The molecule has 1 atom stereocenters. The molecule has 146 valence electrons. The zero-order valence-electron chi connectivity index (χ0n) is 16.1. The topological polar surface area (TPSA) is 75.7 Å². The van der Waals surface area contributed by atoms with Gasteiger partial charge in [0.15, 0.2) is 6.61 Å². The predicted octanol–water partition coefficient (Wildman–Crippen LogP) is 3.47. The van der Waals surface area contributed by atoms with E-state index in [1.807, 2.05) is 24.3 Å². The maximum Gasteiger partial charge on any atom is 0.262 e. The summed E-state index contributed by atoms with van der Waals surface area (Å²) in [5.74, 6) is 0.731. The molecule has 0 heterocycles. The Morgan fingerprint density at radius 2 is 1.81 bits per heavy atom. The summed E-state index contributed by atoms with van der Waals surface area (Å²) in [4.78, 5) is 12.2. The highest BCUT2D eigenvalue weighted by Gasteiger charge is 2.17. The van der Waals surface area contributed by atoms with Gasteiger partial charge < -0.3 is 10.1 Å². The van der Waals surface area contributed by atoms with Crippen molar-refractivity contribution in [3.63, 3.8) is 0 Å². The first-order chi connectivity index (χ1) is 12.7. The van der Waals surface area contributed by atoms with E-state index in [4.69, 9.17) is 4.74 Å². The van der Waals surface area contributed by atoms with Crippen LogP contribution in [0.3, 0.4) is 0 Å². The number of sulfonamides is 1. The Hall–Kier alpha value is -2.38. The maximum atomic E-state index is 12.2. The molecule has 2 aromatic carbocycles. The van der Waals surface area contributed by atoms with Crippen molar-refractivity contribution in [3.05, 3.63) is 54.1 Å². The summed E-state index contributed by atoms with van der Waals surface area (Å²) >= 11 is 0.